The van der Waals surface area contributed by atoms with Crippen molar-refractivity contribution in [2.24, 2.45) is 22.9 Å². The Kier molecular flexibility index (Phi) is 12.4. The van der Waals surface area contributed by atoms with Crippen molar-refractivity contribution in [1.82, 2.24) is 4.90 Å². The van der Waals surface area contributed by atoms with E-state index in [2.05, 4.69) is 17.8 Å². The van der Waals surface area contributed by atoms with Crippen LogP contribution in [0.4, 0.5) is 4.79 Å². The molecule has 6 atom stereocenters. The van der Waals surface area contributed by atoms with Crippen LogP contribution < -0.4 is 4.74 Å². The van der Waals surface area contributed by atoms with Crippen molar-refractivity contribution in [3.63, 3.8) is 0 Å². The maximum absolute atomic E-state index is 13.3. The summed E-state index contributed by atoms with van der Waals surface area (Å²) in [4.78, 5) is 20.5. The number of carbonyl (C=O) groups excluding carboxylic acids is 1. The van der Waals surface area contributed by atoms with Crippen LogP contribution in [0.15, 0.2) is 47.7 Å². The largest absolute Gasteiger partial charge is 0.508 e. The number of amides is 1. The highest BCUT2D eigenvalue weighted by molar-refractivity contribution is 6.18. The van der Waals surface area contributed by atoms with E-state index in [1.54, 1.807) is 31.3 Å². The number of hydrogen-bond acceptors (Lipinski definition) is 9. The SMILES string of the molecule is C=CCOC12Oc3ccc(O)cc3C3C(CCCCO)C(CCCCO)C=C(C(=NOCC)CC1N(C)C(=O)OCCCl)C32. The number of fused-ring (bicyclic) bond motifs is 2. The first-order valence-electron chi connectivity index (χ1n) is 15.7. The lowest BCUT2D eigenvalue weighted by atomic mass is 9.55. The summed E-state index contributed by atoms with van der Waals surface area (Å²) in [5, 5.41) is 34.5. The molecule has 1 aromatic rings. The summed E-state index contributed by atoms with van der Waals surface area (Å²) in [6.07, 6.45) is 8.34. The lowest BCUT2D eigenvalue weighted by molar-refractivity contribution is -0.253. The molecule has 44 heavy (non-hydrogen) atoms. The van der Waals surface area contributed by atoms with Gasteiger partial charge in [-0.05, 0) is 68.2 Å². The summed E-state index contributed by atoms with van der Waals surface area (Å²) >= 11 is 5.83. The number of likely N-dealkylation sites (N-methyl/N-ethyl adjacent to an activating group) is 1. The molecular weight excluding hydrogens is 588 g/mol. The van der Waals surface area contributed by atoms with Gasteiger partial charge in [-0.15, -0.1) is 18.2 Å². The first-order chi connectivity index (χ1) is 21.4. The molecule has 1 amide bonds. The first kappa shape index (κ1) is 34.1. The van der Waals surface area contributed by atoms with Gasteiger partial charge in [0.15, 0.2) is 0 Å². The molecule has 1 aliphatic heterocycles. The molecule has 1 fully saturated rings. The van der Waals surface area contributed by atoms with Gasteiger partial charge in [0.05, 0.1) is 24.1 Å². The molecule has 0 radical (unpaired) electrons. The van der Waals surface area contributed by atoms with Crippen molar-refractivity contribution in [1.29, 1.82) is 0 Å². The van der Waals surface area contributed by atoms with Crippen LogP contribution in [0.25, 0.3) is 0 Å². The normalized spacial score (nSPS) is 27.9. The molecule has 11 heteroatoms. The standard InChI is InChI=1S/C33H47ClN2O8/c1-4-17-42-33-29(36(3)32(40)41-18-14-34)21-27(35-43-5-2)25-19-22(10-6-8-15-37)24(11-7-9-16-38)30(31(25)33)26-20-23(39)12-13-28(26)44-33/h4,12-13,19-20,22,24,29-31,37-39H,1,5-11,14-18,21H2,2-3H3. The number of aromatic hydroxyl groups is 1. The van der Waals surface area contributed by atoms with E-state index in [1.807, 2.05) is 6.92 Å². The zero-order chi connectivity index (χ0) is 31.7. The van der Waals surface area contributed by atoms with Gasteiger partial charge in [0.25, 0.3) is 0 Å². The summed E-state index contributed by atoms with van der Waals surface area (Å²) in [6, 6.07) is 4.46. The number of rotatable bonds is 16. The van der Waals surface area contributed by atoms with Crippen molar-refractivity contribution >= 4 is 23.4 Å². The molecular formula is C33H47ClN2O8. The average molecular weight is 635 g/mol. The Labute approximate surface area is 265 Å². The van der Waals surface area contributed by atoms with Gasteiger partial charge in [0.1, 0.15) is 30.8 Å². The van der Waals surface area contributed by atoms with E-state index in [0.717, 1.165) is 36.8 Å². The predicted molar refractivity (Wildman–Crippen MR) is 168 cm³/mol. The number of aliphatic hydroxyl groups is 2. The third-order valence-electron chi connectivity index (χ3n) is 9.02. The topological polar surface area (TPSA) is 130 Å². The second-order valence-electron chi connectivity index (χ2n) is 11.6. The van der Waals surface area contributed by atoms with Gasteiger partial charge < -0.3 is 39.3 Å². The van der Waals surface area contributed by atoms with E-state index in [0.29, 0.717) is 30.9 Å². The van der Waals surface area contributed by atoms with Gasteiger partial charge >= 0.3 is 6.09 Å². The number of allylic oxidation sites excluding steroid dienone is 1. The summed E-state index contributed by atoms with van der Waals surface area (Å²) < 4.78 is 19.1. The Hall–Kier alpha value is -2.79. The van der Waals surface area contributed by atoms with E-state index in [9.17, 15) is 20.1 Å². The van der Waals surface area contributed by atoms with Crippen LogP contribution in [0.1, 0.15) is 63.4 Å². The summed E-state index contributed by atoms with van der Waals surface area (Å²) in [5.41, 5.74) is 2.51. The Balaban J connectivity index is 1.97. The van der Waals surface area contributed by atoms with E-state index in [4.69, 9.17) is 30.6 Å². The molecule has 10 nitrogen and oxygen atoms in total. The Bertz CT molecular complexity index is 1190. The molecule has 0 saturated heterocycles. The molecule has 244 valence electrons. The van der Waals surface area contributed by atoms with E-state index in [-0.39, 0.29) is 62.2 Å². The molecule has 3 aliphatic rings. The second-order valence-corrected chi connectivity index (χ2v) is 12.0. The van der Waals surface area contributed by atoms with Gasteiger partial charge in [-0.2, -0.15) is 0 Å². The monoisotopic (exact) mass is 634 g/mol. The Morgan fingerprint density at radius 2 is 1.98 bits per heavy atom. The molecule has 0 bridgehead atoms. The van der Waals surface area contributed by atoms with Crippen molar-refractivity contribution in [3.8, 4) is 11.5 Å². The van der Waals surface area contributed by atoms with Crippen LogP contribution in [0.5, 0.6) is 11.5 Å². The fourth-order valence-electron chi connectivity index (χ4n) is 7.23. The number of hydrogen-bond donors (Lipinski definition) is 3. The number of aliphatic hydroxyl groups excluding tert-OH is 2. The Morgan fingerprint density at radius 3 is 2.66 bits per heavy atom. The maximum atomic E-state index is 13.3. The smallest absolute Gasteiger partial charge is 0.410 e. The maximum Gasteiger partial charge on any atom is 0.410 e. The predicted octanol–water partition coefficient (Wildman–Crippen LogP) is 5.35. The number of phenols is 1. The quantitative estimate of drug-likeness (QED) is 0.0960. The minimum Gasteiger partial charge on any atom is -0.508 e. The van der Waals surface area contributed by atoms with Crippen LogP contribution in [-0.4, -0.2) is 89.8 Å². The van der Waals surface area contributed by atoms with Gasteiger partial charge in [-0.1, -0.05) is 30.1 Å². The number of benzene rings is 1. The molecule has 3 N–H and O–H groups in total. The van der Waals surface area contributed by atoms with Crippen LogP contribution >= 0.6 is 11.6 Å². The fraction of sp³-hybridized carbons (Fsp3) is 0.636. The average Bonchev–Trinajstić information content (AvgIpc) is 3.03. The zero-order valence-electron chi connectivity index (χ0n) is 25.8. The lowest BCUT2D eigenvalue weighted by Gasteiger charge is -2.59. The van der Waals surface area contributed by atoms with E-state index in [1.165, 1.54) is 4.90 Å². The number of halogens is 1. The third kappa shape index (κ3) is 7.03. The highest BCUT2D eigenvalue weighted by Crippen LogP contribution is 2.61. The van der Waals surface area contributed by atoms with Gasteiger partial charge in [-0.3, -0.25) is 0 Å². The van der Waals surface area contributed by atoms with Crippen LogP contribution in [-0.2, 0) is 14.3 Å². The van der Waals surface area contributed by atoms with Crippen molar-refractivity contribution in [3.05, 3.63) is 48.1 Å². The molecule has 1 heterocycles. The van der Waals surface area contributed by atoms with Crippen LogP contribution in [0.2, 0.25) is 0 Å². The summed E-state index contributed by atoms with van der Waals surface area (Å²) in [7, 11) is 1.66. The summed E-state index contributed by atoms with van der Waals surface area (Å²) in [6.45, 7) is 6.58. The fourth-order valence-corrected chi connectivity index (χ4v) is 7.31. The van der Waals surface area contributed by atoms with E-state index >= 15 is 0 Å². The summed E-state index contributed by atoms with van der Waals surface area (Å²) in [5.74, 6) is -0.874. The highest BCUT2D eigenvalue weighted by atomic mass is 35.5. The molecule has 0 aromatic heterocycles. The molecule has 4 rings (SSSR count). The van der Waals surface area contributed by atoms with E-state index < -0.39 is 23.8 Å². The number of ether oxygens (including phenoxy) is 3. The number of nitrogens with zero attached hydrogens (tertiary/aromatic N) is 2. The number of carbonyl (C=O) groups is 1. The molecule has 1 saturated carbocycles. The number of oxime groups is 1. The van der Waals surface area contributed by atoms with Crippen LogP contribution in [0, 0.1) is 17.8 Å². The van der Waals surface area contributed by atoms with Gasteiger partial charge in [-0.25, -0.2) is 4.79 Å². The molecule has 2 aliphatic carbocycles. The van der Waals surface area contributed by atoms with Gasteiger partial charge in [0, 0.05) is 38.2 Å². The first-order valence-corrected chi connectivity index (χ1v) is 16.2. The minimum atomic E-state index is -1.35. The lowest BCUT2D eigenvalue weighted by Crippen LogP contribution is -2.69. The zero-order valence-corrected chi connectivity index (χ0v) is 26.6. The third-order valence-corrected chi connectivity index (χ3v) is 9.17. The van der Waals surface area contributed by atoms with Crippen molar-refractivity contribution in [2.45, 2.75) is 69.6 Å². The van der Waals surface area contributed by atoms with Crippen molar-refractivity contribution in [2.75, 3.05) is 46.0 Å². The molecule has 6 unspecified atom stereocenters. The van der Waals surface area contributed by atoms with Crippen LogP contribution in [0.3, 0.4) is 0 Å². The molecule has 0 spiro atoms. The van der Waals surface area contributed by atoms with Crippen molar-refractivity contribution < 1.29 is 39.2 Å². The molecule has 1 aromatic carbocycles. The number of unbranched alkanes of at least 4 members (excludes halogenated alkanes) is 2. The van der Waals surface area contributed by atoms with Gasteiger partial charge in [0.2, 0.25) is 5.79 Å². The highest BCUT2D eigenvalue weighted by Gasteiger charge is 2.65. The Morgan fingerprint density at radius 1 is 1.23 bits per heavy atom. The number of phenolic OH excluding ortho intramolecular Hbond substituents is 1. The second kappa shape index (κ2) is 16.0. The number of alkyl halides is 1. The minimum absolute atomic E-state index is 0.0560.